The second kappa shape index (κ2) is 5.61. The van der Waals surface area contributed by atoms with Crippen LogP contribution in [-0.4, -0.2) is 13.5 Å². The second-order valence-corrected chi connectivity index (χ2v) is 6.96. The van der Waals surface area contributed by atoms with Crippen molar-refractivity contribution in [1.29, 1.82) is 0 Å². The fraction of sp³-hybridized carbons (Fsp3) is 0.143. The SMILES string of the molecule is Cc1cc(O)c(OS(=O)(=O)c2ccccc2)c(I)c1C. The molecule has 20 heavy (non-hydrogen) atoms. The van der Waals surface area contributed by atoms with E-state index in [4.69, 9.17) is 4.18 Å². The van der Waals surface area contributed by atoms with Gasteiger partial charge in [0.05, 0.1) is 3.57 Å². The molecule has 2 aromatic rings. The summed E-state index contributed by atoms with van der Waals surface area (Å²) in [6.07, 6.45) is 0. The standard InChI is InChI=1S/C14H13IO4S/c1-9-8-12(16)14(13(15)10(9)2)19-20(17,18)11-6-4-3-5-7-11/h3-8,16H,1-2H3. The van der Waals surface area contributed by atoms with Gasteiger partial charge in [-0.25, -0.2) is 0 Å². The highest BCUT2D eigenvalue weighted by molar-refractivity contribution is 14.1. The third kappa shape index (κ3) is 2.90. The van der Waals surface area contributed by atoms with Gasteiger partial charge in [0.1, 0.15) is 4.90 Å². The van der Waals surface area contributed by atoms with Crippen molar-refractivity contribution in [2.45, 2.75) is 18.7 Å². The highest BCUT2D eigenvalue weighted by Crippen LogP contribution is 2.37. The fourth-order valence-corrected chi connectivity index (χ4v) is 3.60. The molecule has 0 saturated heterocycles. The maximum atomic E-state index is 12.2. The average molecular weight is 404 g/mol. The molecule has 0 aliphatic carbocycles. The van der Waals surface area contributed by atoms with E-state index in [2.05, 4.69) is 0 Å². The van der Waals surface area contributed by atoms with E-state index in [9.17, 15) is 13.5 Å². The predicted molar refractivity (Wildman–Crippen MR) is 84.6 cm³/mol. The van der Waals surface area contributed by atoms with Crippen LogP contribution in [0.25, 0.3) is 0 Å². The lowest BCUT2D eigenvalue weighted by Gasteiger charge is -2.13. The van der Waals surface area contributed by atoms with Crippen LogP contribution in [-0.2, 0) is 10.1 Å². The molecule has 0 unspecified atom stereocenters. The average Bonchev–Trinajstić information content (AvgIpc) is 2.42. The summed E-state index contributed by atoms with van der Waals surface area (Å²) in [5.74, 6) is -0.213. The minimum absolute atomic E-state index is 0.0300. The summed E-state index contributed by atoms with van der Waals surface area (Å²) in [4.78, 5) is 0.0495. The summed E-state index contributed by atoms with van der Waals surface area (Å²) in [6.45, 7) is 3.69. The molecule has 6 heteroatoms. The molecule has 0 radical (unpaired) electrons. The van der Waals surface area contributed by atoms with Crippen LogP contribution >= 0.6 is 22.6 Å². The highest BCUT2D eigenvalue weighted by atomic mass is 127. The summed E-state index contributed by atoms with van der Waals surface area (Å²) < 4.78 is 30.0. The Kier molecular flexibility index (Phi) is 4.24. The van der Waals surface area contributed by atoms with Crippen molar-refractivity contribution in [3.63, 3.8) is 0 Å². The number of phenols is 1. The van der Waals surface area contributed by atoms with Crippen molar-refractivity contribution in [3.8, 4) is 11.5 Å². The summed E-state index contributed by atoms with van der Waals surface area (Å²) in [5, 5.41) is 9.91. The molecule has 4 nitrogen and oxygen atoms in total. The van der Waals surface area contributed by atoms with Gasteiger partial charge in [-0.05, 0) is 65.8 Å². The van der Waals surface area contributed by atoms with Gasteiger partial charge in [-0.15, -0.1) is 0 Å². The zero-order valence-electron chi connectivity index (χ0n) is 10.9. The van der Waals surface area contributed by atoms with Crippen LogP contribution in [0, 0.1) is 17.4 Å². The largest absolute Gasteiger partial charge is 0.504 e. The van der Waals surface area contributed by atoms with Crippen LogP contribution in [0.2, 0.25) is 0 Å². The van der Waals surface area contributed by atoms with Gasteiger partial charge in [-0.2, -0.15) is 8.42 Å². The quantitative estimate of drug-likeness (QED) is 0.630. The molecule has 0 aliphatic heterocycles. The third-order valence-corrected chi connectivity index (χ3v) is 5.47. The molecule has 0 fully saturated rings. The van der Waals surface area contributed by atoms with E-state index < -0.39 is 10.1 Å². The van der Waals surface area contributed by atoms with Crippen molar-refractivity contribution < 1.29 is 17.7 Å². The van der Waals surface area contributed by atoms with Gasteiger partial charge in [-0.1, -0.05) is 18.2 Å². The zero-order chi connectivity index (χ0) is 14.9. The second-order valence-electron chi connectivity index (χ2n) is 4.33. The van der Waals surface area contributed by atoms with Crippen molar-refractivity contribution in [2.24, 2.45) is 0 Å². The van der Waals surface area contributed by atoms with E-state index in [1.165, 1.54) is 18.2 Å². The Morgan fingerprint density at radius 2 is 1.75 bits per heavy atom. The third-order valence-electron chi connectivity index (χ3n) is 2.93. The molecule has 0 atom stereocenters. The molecule has 0 aliphatic rings. The van der Waals surface area contributed by atoms with Crippen molar-refractivity contribution in [2.75, 3.05) is 0 Å². The van der Waals surface area contributed by atoms with Gasteiger partial charge >= 0.3 is 10.1 Å². The lowest BCUT2D eigenvalue weighted by atomic mass is 10.1. The van der Waals surface area contributed by atoms with Gasteiger partial charge < -0.3 is 9.29 Å². The number of aromatic hydroxyl groups is 1. The Labute approximate surface area is 131 Å². The molecule has 1 N–H and O–H groups in total. The number of hydrogen-bond acceptors (Lipinski definition) is 4. The highest BCUT2D eigenvalue weighted by Gasteiger charge is 2.22. The van der Waals surface area contributed by atoms with Crippen LogP contribution in [0.5, 0.6) is 11.5 Å². The van der Waals surface area contributed by atoms with Crippen LogP contribution in [0.3, 0.4) is 0 Å². The summed E-state index contributed by atoms with van der Waals surface area (Å²) in [5.41, 5.74) is 1.75. The number of phenolic OH excluding ortho intramolecular Hbond substituents is 1. The van der Waals surface area contributed by atoms with E-state index in [1.54, 1.807) is 18.2 Å². The number of benzene rings is 2. The van der Waals surface area contributed by atoms with Crippen LogP contribution in [0.1, 0.15) is 11.1 Å². The summed E-state index contributed by atoms with van der Waals surface area (Å²) in [6, 6.07) is 9.33. The Morgan fingerprint density at radius 3 is 2.35 bits per heavy atom. The Morgan fingerprint density at radius 1 is 1.15 bits per heavy atom. The topological polar surface area (TPSA) is 63.6 Å². The molecule has 106 valence electrons. The van der Waals surface area contributed by atoms with E-state index in [0.29, 0.717) is 3.57 Å². The molecule has 0 amide bonds. The smallest absolute Gasteiger partial charge is 0.339 e. The van der Waals surface area contributed by atoms with Crippen LogP contribution in [0.4, 0.5) is 0 Å². The van der Waals surface area contributed by atoms with Crippen molar-refractivity contribution in [1.82, 2.24) is 0 Å². The first-order valence-corrected chi connectivity index (χ1v) is 8.30. The number of aryl methyl sites for hydroxylation is 1. The van der Waals surface area contributed by atoms with Crippen molar-refractivity contribution in [3.05, 3.63) is 51.1 Å². The van der Waals surface area contributed by atoms with E-state index in [1.807, 2.05) is 36.4 Å². The van der Waals surface area contributed by atoms with Gasteiger partial charge in [0.2, 0.25) is 0 Å². The van der Waals surface area contributed by atoms with Gasteiger partial charge in [0, 0.05) is 0 Å². The first-order chi connectivity index (χ1) is 9.33. The Hall–Kier alpha value is -1.28. The van der Waals surface area contributed by atoms with Gasteiger partial charge in [-0.3, -0.25) is 0 Å². The summed E-state index contributed by atoms with van der Waals surface area (Å²) in [7, 11) is -3.95. The van der Waals surface area contributed by atoms with E-state index >= 15 is 0 Å². The Bertz CT molecular complexity index is 740. The molecule has 0 saturated carbocycles. The minimum atomic E-state index is -3.95. The molecule has 0 aromatic heterocycles. The molecule has 0 spiro atoms. The summed E-state index contributed by atoms with van der Waals surface area (Å²) >= 11 is 1.97. The van der Waals surface area contributed by atoms with E-state index in [-0.39, 0.29) is 16.4 Å². The first-order valence-electron chi connectivity index (χ1n) is 5.81. The first kappa shape index (κ1) is 15.1. The molecule has 2 rings (SSSR count). The van der Waals surface area contributed by atoms with Gasteiger partial charge in [0.15, 0.2) is 11.5 Å². The fourth-order valence-electron chi connectivity index (χ4n) is 1.66. The lowest BCUT2D eigenvalue weighted by Crippen LogP contribution is -2.11. The lowest BCUT2D eigenvalue weighted by molar-refractivity contribution is 0.425. The molecule has 2 aromatic carbocycles. The van der Waals surface area contributed by atoms with Crippen LogP contribution in [0.15, 0.2) is 41.3 Å². The number of hydrogen-bond donors (Lipinski definition) is 1. The number of halogens is 1. The van der Waals surface area contributed by atoms with Crippen LogP contribution < -0.4 is 4.18 Å². The maximum absolute atomic E-state index is 12.2. The van der Waals surface area contributed by atoms with Gasteiger partial charge in [0.25, 0.3) is 0 Å². The minimum Gasteiger partial charge on any atom is -0.504 e. The normalized spacial score (nSPS) is 11.3. The predicted octanol–water partition coefficient (Wildman–Crippen LogP) is 3.38. The monoisotopic (exact) mass is 404 g/mol. The molecule has 0 heterocycles. The van der Waals surface area contributed by atoms with Crippen molar-refractivity contribution >= 4 is 32.7 Å². The maximum Gasteiger partial charge on any atom is 0.339 e. The molecular weight excluding hydrogens is 391 g/mol. The molecule has 0 bridgehead atoms. The Balaban J connectivity index is 2.48. The zero-order valence-corrected chi connectivity index (χ0v) is 13.9. The van der Waals surface area contributed by atoms with E-state index in [0.717, 1.165) is 11.1 Å². The number of rotatable bonds is 3. The molecular formula is C14H13IO4S.